The molecule has 0 spiro atoms. The minimum absolute atomic E-state index is 0.271. The summed E-state index contributed by atoms with van der Waals surface area (Å²) in [5.74, 6) is 0. The fourth-order valence-corrected chi connectivity index (χ4v) is 3.46. The van der Waals surface area contributed by atoms with Gasteiger partial charge in [-0.15, -0.1) is 0 Å². The standard InChI is InChI=1S/C18H31N3O/c1-5-20(6-2)17-9-7-16(8-10-17)18(11-19)21-12-14(3)22-15(4)13-21/h7-10,14-15,18H,5-6,11-13,19H2,1-4H3. The van der Waals surface area contributed by atoms with Crippen LogP contribution < -0.4 is 10.6 Å². The van der Waals surface area contributed by atoms with Crippen molar-refractivity contribution in [1.29, 1.82) is 0 Å². The van der Waals surface area contributed by atoms with Crippen LogP contribution in [0.2, 0.25) is 0 Å². The minimum atomic E-state index is 0.271. The minimum Gasteiger partial charge on any atom is -0.373 e. The second kappa shape index (κ2) is 7.95. The van der Waals surface area contributed by atoms with Gasteiger partial charge in [0.2, 0.25) is 0 Å². The Kier molecular flexibility index (Phi) is 6.24. The first-order valence-corrected chi connectivity index (χ1v) is 8.53. The normalized spacial score (nSPS) is 24.2. The molecule has 1 saturated heterocycles. The Bertz CT molecular complexity index is 434. The van der Waals surface area contributed by atoms with E-state index in [1.807, 2.05) is 0 Å². The van der Waals surface area contributed by atoms with Gasteiger partial charge in [0.05, 0.1) is 12.2 Å². The van der Waals surface area contributed by atoms with E-state index in [1.54, 1.807) is 0 Å². The first-order valence-electron chi connectivity index (χ1n) is 8.53. The highest BCUT2D eigenvalue weighted by molar-refractivity contribution is 5.47. The lowest BCUT2D eigenvalue weighted by atomic mass is 10.0. The molecule has 124 valence electrons. The van der Waals surface area contributed by atoms with Gasteiger partial charge in [-0.1, -0.05) is 12.1 Å². The number of benzene rings is 1. The molecule has 1 aromatic carbocycles. The molecule has 0 aliphatic carbocycles. The van der Waals surface area contributed by atoms with Crippen LogP contribution in [0.5, 0.6) is 0 Å². The maximum atomic E-state index is 6.08. The summed E-state index contributed by atoms with van der Waals surface area (Å²) in [7, 11) is 0. The van der Waals surface area contributed by atoms with Crippen LogP contribution in [0.3, 0.4) is 0 Å². The zero-order chi connectivity index (χ0) is 16.1. The summed E-state index contributed by atoms with van der Waals surface area (Å²) in [6.07, 6.45) is 0.542. The Balaban J connectivity index is 2.13. The third kappa shape index (κ3) is 4.00. The first kappa shape index (κ1) is 17.3. The molecule has 0 bridgehead atoms. The quantitative estimate of drug-likeness (QED) is 0.877. The van der Waals surface area contributed by atoms with E-state index in [-0.39, 0.29) is 18.2 Å². The number of nitrogens with zero attached hydrogens (tertiary/aromatic N) is 2. The SMILES string of the molecule is CCN(CC)c1ccc(C(CN)N2CC(C)OC(C)C2)cc1. The van der Waals surface area contributed by atoms with Gasteiger partial charge in [0, 0.05) is 44.5 Å². The third-order valence-corrected chi connectivity index (χ3v) is 4.52. The summed E-state index contributed by atoms with van der Waals surface area (Å²) >= 11 is 0. The van der Waals surface area contributed by atoms with Crippen molar-refractivity contribution in [3.8, 4) is 0 Å². The molecule has 3 atom stereocenters. The van der Waals surface area contributed by atoms with E-state index < -0.39 is 0 Å². The van der Waals surface area contributed by atoms with Crippen molar-refractivity contribution >= 4 is 5.69 Å². The van der Waals surface area contributed by atoms with Crippen molar-refractivity contribution in [2.45, 2.75) is 45.9 Å². The van der Waals surface area contributed by atoms with Crippen LogP contribution in [0, 0.1) is 0 Å². The largest absolute Gasteiger partial charge is 0.373 e. The fraction of sp³-hybridized carbons (Fsp3) is 0.667. The van der Waals surface area contributed by atoms with Crippen LogP contribution in [-0.2, 0) is 4.74 Å². The van der Waals surface area contributed by atoms with E-state index in [2.05, 4.69) is 61.8 Å². The molecular formula is C18H31N3O. The highest BCUT2D eigenvalue weighted by atomic mass is 16.5. The maximum Gasteiger partial charge on any atom is 0.0678 e. The first-order chi connectivity index (χ1) is 10.6. The predicted octanol–water partition coefficient (Wildman–Crippen LogP) is 2.64. The summed E-state index contributed by atoms with van der Waals surface area (Å²) in [5.41, 5.74) is 8.67. The molecule has 4 heteroatoms. The summed E-state index contributed by atoms with van der Waals surface area (Å²) in [6.45, 7) is 13.3. The fourth-order valence-electron chi connectivity index (χ4n) is 3.46. The Hall–Kier alpha value is -1.10. The number of hydrogen-bond donors (Lipinski definition) is 1. The lowest BCUT2D eigenvalue weighted by Gasteiger charge is -2.40. The smallest absolute Gasteiger partial charge is 0.0678 e. The summed E-state index contributed by atoms with van der Waals surface area (Å²) in [5, 5.41) is 0. The van der Waals surface area contributed by atoms with Gasteiger partial charge in [0.25, 0.3) is 0 Å². The second-order valence-electron chi connectivity index (χ2n) is 6.23. The highest BCUT2D eigenvalue weighted by Gasteiger charge is 2.28. The van der Waals surface area contributed by atoms with Crippen molar-refractivity contribution in [2.75, 3.05) is 37.6 Å². The van der Waals surface area contributed by atoms with Crippen molar-refractivity contribution in [3.63, 3.8) is 0 Å². The summed E-state index contributed by atoms with van der Waals surface area (Å²) in [6, 6.07) is 9.18. The Labute approximate surface area is 135 Å². The van der Waals surface area contributed by atoms with E-state index in [0.717, 1.165) is 26.2 Å². The number of ether oxygens (including phenoxy) is 1. The van der Waals surface area contributed by atoms with E-state index >= 15 is 0 Å². The Morgan fingerprint density at radius 1 is 1.14 bits per heavy atom. The van der Waals surface area contributed by atoms with E-state index in [0.29, 0.717) is 6.54 Å². The molecule has 3 unspecified atom stereocenters. The monoisotopic (exact) mass is 305 g/mol. The molecule has 4 nitrogen and oxygen atoms in total. The number of hydrogen-bond acceptors (Lipinski definition) is 4. The van der Waals surface area contributed by atoms with Gasteiger partial charge < -0.3 is 15.4 Å². The topological polar surface area (TPSA) is 41.7 Å². The van der Waals surface area contributed by atoms with Gasteiger partial charge in [-0.25, -0.2) is 0 Å². The van der Waals surface area contributed by atoms with Gasteiger partial charge in [-0.3, -0.25) is 4.90 Å². The highest BCUT2D eigenvalue weighted by Crippen LogP contribution is 2.26. The number of morpholine rings is 1. The molecular weight excluding hydrogens is 274 g/mol. The maximum absolute atomic E-state index is 6.08. The molecule has 2 N–H and O–H groups in total. The van der Waals surface area contributed by atoms with Crippen molar-refractivity contribution in [2.24, 2.45) is 5.73 Å². The number of anilines is 1. The van der Waals surface area contributed by atoms with Crippen molar-refractivity contribution in [3.05, 3.63) is 29.8 Å². The lowest BCUT2D eigenvalue weighted by molar-refractivity contribution is -0.0799. The van der Waals surface area contributed by atoms with E-state index in [1.165, 1.54) is 11.3 Å². The zero-order valence-electron chi connectivity index (χ0n) is 14.5. The van der Waals surface area contributed by atoms with E-state index in [4.69, 9.17) is 10.5 Å². The van der Waals surface area contributed by atoms with Crippen molar-refractivity contribution < 1.29 is 4.74 Å². The van der Waals surface area contributed by atoms with Gasteiger partial charge in [-0.05, 0) is 45.4 Å². The zero-order valence-corrected chi connectivity index (χ0v) is 14.5. The van der Waals surface area contributed by atoms with Crippen LogP contribution >= 0.6 is 0 Å². The number of rotatable bonds is 6. The second-order valence-corrected chi connectivity index (χ2v) is 6.23. The molecule has 0 amide bonds. The molecule has 22 heavy (non-hydrogen) atoms. The molecule has 1 fully saturated rings. The molecule has 1 heterocycles. The van der Waals surface area contributed by atoms with Crippen LogP contribution in [0.1, 0.15) is 39.3 Å². The molecule has 1 aliphatic rings. The lowest BCUT2D eigenvalue weighted by Crippen LogP contribution is -2.48. The predicted molar refractivity (Wildman–Crippen MR) is 93.4 cm³/mol. The van der Waals surface area contributed by atoms with E-state index in [9.17, 15) is 0 Å². The molecule has 0 aromatic heterocycles. The van der Waals surface area contributed by atoms with Crippen LogP contribution in [0.15, 0.2) is 24.3 Å². The number of nitrogens with two attached hydrogens (primary N) is 1. The average molecular weight is 305 g/mol. The van der Waals surface area contributed by atoms with Gasteiger partial charge >= 0.3 is 0 Å². The van der Waals surface area contributed by atoms with Gasteiger partial charge in [0.1, 0.15) is 0 Å². The van der Waals surface area contributed by atoms with Crippen molar-refractivity contribution in [1.82, 2.24) is 4.90 Å². The molecule has 0 radical (unpaired) electrons. The molecule has 2 rings (SSSR count). The average Bonchev–Trinajstić information content (AvgIpc) is 2.50. The molecule has 0 saturated carbocycles. The third-order valence-electron chi connectivity index (χ3n) is 4.52. The summed E-state index contributed by atoms with van der Waals surface area (Å²) < 4.78 is 5.84. The Morgan fingerprint density at radius 2 is 1.68 bits per heavy atom. The van der Waals surface area contributed by atoms with Gasteiger partial charge in [0.15, 0.2) is 0 Å². The Morgan fingerprint density at radius 3 is 2.14 bits per heavy atom. The molecule has 1 aliphatic heterocycles. The van der Waals surface area contributed by atoms with Crippen LogP contribution in [-0.4, -0.2) is 49.8 Å². The van der Waals surface area contributed by atoms with Gasteiger partial charge in [-0.2, -0.15) is 0 Å². The van der Waals surface area contributed by atoms with Crippen LogP contribution in [0.25, 0.3) is 0 Å². The van der Waals surface area contributed by atoms with Crippen LogP contribution in [0.4, 0.5) is 5.69 Å². The molecule has 1 aromatic rings. The summed E-state index contributed by atoms with van der Waals surface area (Å²) in [4.78, 5) is 4.82.